The summed E-state index contributed by atoms with van der Waals surface area (Å²) >= 11 is 0. The van der Waals surface area contributed by atoms with Crippen molar-refractivity contribution in [2.75, 3.05) is 26.6 Å². The van der Waals surface area contributed by atoms with Crippen LogP contribution in [-0.2, 0) is 0 Å². The van der Waals surface area contributed by atoms with Crippen molar-refractivity contribution in [3.63, 3.8) is 0 Å². The molecule has 0 aromatic heterocycles. The average Bonchev–Trinajstić information content (AvgIpc) is 2.57. The van der Waals surface area contributed by atoms with Gasteiger partial charge in [-0.15, -0.1) is 0 Å². The molecule has 114 valence electrons. The fourth-order valence-corrected chi connectivity index (χ4v) is 2.68. The number of amides is 1. The molecular formula is C17H18N2O3. The molecule has 1 heterocycles. The number of nitrogens with one attached hydrogen (secondary N) is 1. The molecule has 0 fully saturated rings. The topological polar surface area (TPSA) is 50.8 Å². The Morgan fingerprint density at radius 1 is 1.05 bits per heavy atom. The first-order chi connectivity index (χ1) is 10.7. The second kappa shape index (κ2) is 5.60. The van der Waals surface area contributed by atoms with Crippen LogP contribution in [0.1, 0.15) is 22.1 Å². The number of anilines is 1. The van der Waals surface area contributed by atoms with E-state index in [1.165, 1.54) is 0 Å². The minimum Gasteiger partial charge on any atom is -0.493 e. The molecule has 1 amide bonds. The number of hydrogen-bond acceptors (Lipinski definition) is 4. The number of carbonyl (C=O) groups is 1. The Kier molecular flexibility index (Phi) is 3.63. The summed E-state index contributed by atoms with van der Waals surface area (Å²) in [5.74, 6) is 1.30. The summed E-state index contributed by atoms with van der Waals surface area (Å²) in [6, 6.07) is 13.2. The van der Waals surface area contributed by atoms with E-state index in [9.17, 15) is 4.79 Å². The highest BCUT2D eigenvalue weighted by Gasteiger charge is 2.30. The van der Waals surface area contributed by atoms with Crippen molar-refractivity contribution in [1.29, 1.82) is 0 Å². The van der Waals surface area contributed by atoms with Crippen LogP contribution in [0.4, 0.5) is 5.69 Å². The summed E-state index contributed by atoms with van der Waals surface area (Å²) in [4.78, 5) is 14.2. The number of methoxy groups -OCH3 is 2. The van der Waals surface area contributed by atoms with Gasteiger partial charge in [0.2, 0.25) is 0 Å². The molecule has 0 saturated heterocycles. The maximum Gasteiger partial charge on any atom is 0.257 e. The SMILES string of the molecule is COc1ccc([C@H]2Nc3ccccc3C(=O)N2C)cc1OC. The lowest BCUT2D eigenvalue weighted by atomic mass is 10.0. The zero-order chi connectivity index (χ0) is 15.7. The van der Waals surface area contributed by atoms with Gasteiger partial charge >= 0.3 is 0 Å². The molecule has 0 unspecified atom stereocenters. The fourth-order valence-electron chi connectivity index (χ4n) is 2.68. The van der Waals surface area contributed by atoms with Gasteiger partial charge in [-0.1, -0.05) is 18.2 Å². The van der Waals surface area contributed by atoms with Gasteiger partial charge in [0.25, 0.3) is 5.91 Å². The monoisotopic (exact) mass is 298 g/mol. The Labute approximate surface area is 129 Å². The predicted octanol–water partition coefficient (Wildman–Crippen LogP) is 2.90. The van der Waals surface area contributed by atoms with E-state index >= 15 is 0 Å². The van der Waals surface area contributed by atoms with Crippen LogP contribution in [0.2, 0.25) is 0 Å². The summed E-state index contributed by atoms with van der Waals surface area (Å²) in [7, 11) is 4.98. The van der Waals surface area contributed by atoms with Crippen LogP contribution in [0.3, 0.4) is 0 Å². The number of nitrogens with zero attached hydrogens (tertiary/aromatic N) is 1. The van der Waals surface area contributed by atoms with Gasteiger partial charge in [0, 0.05) is 12.7 Å². The predicted molar refractivity (Wildman–Crippen MR) is 84.4 cm³/mol. The van der Waals surface area contributed by atoms with Crippen LogP contribution < -0.4 is 14.8 Å². The molecule has 0 radical (unpaired) electrons. The smallest absolute Gasteiger partial charge is 0.257 e. The van der Waals surface area contributed by atoms with Gasteiger partial charge in [-0.3, -0.25) is 4.79 Å². The number of ether oxygens (including phenoxy) is 2. The highest BCUT2D eigenvalue weighted by atomic mass is 16.5. The average molecular weight is 298 g/mol. The van der Waals surface area contributed by atoms with Crippen LogP contribution >= 0.6 is 0 Å². The second-order valence-electron chi connectivity index (χ2n) is 5.12. The van der Waals surface area contributed by atoms with E-state index in [2.05, 4.69) is 5.32 Å². The molecule has 2 aromatic carbocycles. The molecule has 22 heavy (non-hydrogen) atoms. The van der Waals surface area contributed by atoms with Crippen molar-refractivity contribution >= 4 is 11.6 Å². The van der Waals surface area contributed by atoms with Crippen LogP contribution in [-0.4, -0.2) is 32.1 Å². The van der Waals surface area contributed by atoms with Gasteiger partial charge in [-0.2, -0.15) is 0 Å². The first-order valence-electron chi connectivity index (χ1n) is 7.00. The lowest BCUT2D eigenvalue weighted by Gasteiger charge is -2.35. The van der Waals surface area contributed by atoms with Gasteiger partial charge < -0.3 is 19.7 Å². The minimum absolute atomic E-state index is 0.00543. The Hall–Kier alpha value is -2.69. The second-order valence-corrected chi connectivity index (χ2v) is 5.12. The lowest BCUT2D eigenvalue weighted by Crippen LogP contribution is -2.40. The van der Waals surface area contributed by atoms with E-state index in [1.54, 1.807) is 26.2 Å². The third-order valence-electron chi connectivity index (χ3n) is 3.88. The molecule has 0 bridgehead atoms. The molecule has 5 nitrogen and oxygen atoms in total. The maximum absolute atomic E-state index is 12.5. The minimum atomic E-state index is -0.248. The van der Waals surface area contributed by atoms with Gasteiger partial charge in [0.15, 0.2) is 11.5 Å². The van der Waals surface area contributed by atoms with E-state index < -0.39 is 0 Å². The molecule has 1 N–H and O–H groups in total. The normalized spacial score (nSPS) is 16.8. The summed E-state index contributed by atoms with van der Waals surface area (Å²) in [6.45, 7) is 0. The molecule has 0 aliphatic carbocycles. The van der Waals surface area contributed by atoms with Crippen molar-refractivity contribution in [1.82, 2.24) is 4.90 Å². The van der Waals surface area contributed by atoms with Crippen molar-refractivity contribution in [3.8, 4) is 11.5 Å². The third kappa shape index (κ3) is 2.24. The lowest BCUT2D eigenvalue weighted by molar-refractivity contribution is 0.0735. The van der Waals surface area contributed by atoms with E-state index in [-0.39, 0.29) is 12.1 Å². The van der Waals surface area contributed by atoms with Crippen molar-refractivity contribution in [2.24, 2.45) is 0 Å². The van der Waals surface area contributed by atoms with Crippen LogP contribution in [0.5, 0.6) is 11.5 Å². The zero-order valence-electron chi connectivity index (χ0n) is 12.8. The summed E-state index contributed by atoms with van der Waals surface area (Å²) in [6.07, 6.45) is -0.248. The van der Waals surface area contributed by atoms with E-state index in [0.29, 0.717) is 17.1 Å². The van der Waals surface area contributed by atoms with Gasteiger partial charge in [0.05, 0.1) is 19.8 Å². The number of hydrogen-bond donors (Lipinski definition) is 1. The maximum atomic E-state index is 12.5. The number of carbonyl (C=O) groups excluding carboxylic acids is 1. The fraction of sp³-hybridized carbons (Fsp3) is 0.235. The van der Waals surface area contributed by atoms with Crippen LogP contribution in [0.25, 0.3) is 0 Å². The summed E-state index contributed by atoms with van der Waals surface area (Å²) < 4.78 is 10.6. The number of benzene rings is 2. The zero-order valence-corrected chi connectivity index (χ0v) is 12.8. The molecule has 1 atom stereocenters. The standard InChI is InChI=1S/C17H18N2O3/c1-19-16(11-8-9-14(21-2)15(10-11)22-3)18-13-7-5-4-6-12(13)17(19)20/h4-10,16,18H,1-3H3/t16-/m0/s1. The largest absolute Gasteiger partial charge is 0.493 e. The molecule has 0 spiro atoms. The molecular weight excluding hydrogens is 280 g/mol. The number of fused-ring (bicyclic) bond motifs is 1. The Balaban J connectivity index is 2.01. The summed E-state index contributed by atoms with van der Waals surface area (Å²) in [5, 5.41) is 3.39. The van der Waals surface area contributed by atoms with Crippen molar-refractivity contribution in [3.05, 3.63) is 53.6 Å². The molecule has 1 aliphatic rings. The van der Waals surface area contributed by atoms with E-state index in [4.69, 9.17) is 9.47 Å². The van der Waals surface area contributed by atoms with E-state index in [1.807, 2.05) is 42.5 Å². The van der Waals surface area contributed by atoms with Gasteiger partial charge in [-0.05, 0) is 29.8 Å². The Bertz CT molecular complexity index is 715. The Morgan fingerprint density at radius 3 is 2.50 bits per heavy atom. The van der Waals surface area contributed by atoms with E-state index in [0.717, 1.165) is 11.3 Å². The molecule has 0 saturated carbocycles. The third-order valence-corrected chi connectivity index (χ3v) is 3.88. The number of para-hydroxylation sites is 1. The highest BCUT2D eigenvalue weighted by molar-refractivity contribution is 6.01. The first kappa shape index (κ1) is 14.3. The molecule has 1 aliphatic heterocycles. The molecule has 3 rings (SSSR count). The van der Waals surface area contributed by atoms with Gasteiger partial charge in [0.1, 0.15) is 6.17 Å². The quantitative estimate of drug-likeness (QED) is 0.946. The molecule has 2 aromatic rings. The van der Waals surface area contributed by atoms with Gasteiger partial charge in [-0.25, -0.2) is 0 Å². The number of rotatable bonds is 3. The Morgan fingerprint density at radius 2 is 1.77 bits per heavy atom. The highest BCUT2D eigenvalue weighted by Crippen LogP contribution is 2.35. The van der Waals surface area contributed by atoms with Crippen LogP contribution in [0, 0.1) is 0 Å². The molecule has 5 heteroatoms. The van der Waals surface area contributed by atoms with Crippen LogP contribution in [0.15, 0.2) is 42.5 Å². The van der Waals surface area contributed by atoms with Crippen molar-refractivity contribution in [2.45, 2.75) is 6.17 Å². The first-order valence-corrected chi connectivity index (χ1v) is 7.00. The summed E-state index contributed by atoms with van der Waals surface area (Å²) in [5.41, 5.74) is 2.45. The van der Waals surface area contributed by atoms with Crippen molar-refractivity contribution < 1.29 is 14.3 Å².